The Hall–Kier alpha value is -1.55. The number of ether oxygens (including phenoxy) is 1. The zero-order valence-corrected chi connectivity index (χ0v) is 20.0. The van der Waals surface area contributed by atoms with E-state index in [9.17, 15) is 0 Å². The Morgan fingerprint density at radius 3 is 2.71 bits per heavy atom. The fraction of sp³-hybridized carbons (Fsp3) is 0.500. The zero-order valence-electron chi connectivity index (χ0n) is 16.9. The van der Waals surface area contributed by atoms with Gasteiger partial charge in [-0.15, -0.1) is 35.3 Å². The molecule has 28 heavy (non-hydrogen) atoms. The lowest BCUT2D eigenvalue weighted by Gasteiger charge is -2.37. The number of piperazine rings is 1. The molecule has 8 heteroatoms. The van der Waals surface area contributed by atoms with E-state index in [1.165, 1.54) is 16.4 Å². The molecule has 0 aliphatic carbocycles. The second-order valence-corrected chi connectivity index (χ2v) is 7.43. The molecule has 0 spiro atoms. The maximum Gasteiger partial charge on any atom is 0.193 e. The third-order valence-corrected chi connectivity index (χ3v) is 5.82. The number of hydrogen-bond donors (Lipinski definition) is 1. The van der Waals surface area contributed by atoms with Crippen LogP contribution >= 0.6 is 35.3 Å². The van der Waals surface area contributed by atoms with Crippen LogP contribution in [-0.4, -0.2) is 62.7 Å². The van der Waals surface area contributed by atoms with Gasteiger partial charge < -0.3 is 19.9 Å². The Morgan fingerprint density at radius 1 is 1.29 bits per heavy atom. The normalized spacial score (nSPS) is 14.6. The van der Waals surface area contributed by atoms with E-state index in [1.807, 2.05) is 19.2 Å². The van der Waals surface area contributed by atoms with Crippen molar-refractivity contribution < 1.29 is 4.74 Å². The minimum atomic E-state index is 0. The quantitative estimate of drug-likeness (QED) is 0.364. The molecule has 2 aromatic rings. The van der Waals surface area contributed by atoms with E-state index in [2.05, 4.69) is 49.5 Å². The molecule has 0 radical (unpaired) electrons. The van der Waals surface area contributed by atoms with E-state index in [0.717, 1.165) is 57.3 Å². The van der Waals surface area contributed by atoms with Gasteiger partial charge >= 0.3 is 0 Å². The highest BCUT2D eigenvalue weighted by atomic mass is 127. The number of guanidine groups is 1. The van der Waals surface area contributed by atoms with Crippen molar-refractivity contribution in [1.82, 2.24) is 15.2 Å². The van der Waals surface area contributed by atoms with Crippen molar-refractivity contribution in [2.45, 2.75) is 19.8 Å². The van der Waals surface area contributed by atoms with Crippen LogP contribution in [0.1, 0.15) is 17.6 Å². The first-order valence-electron chi connectivity index (χ1n) is 9.51. The molecule has 0 bridgehead atoms. The maximum atomic E-state index is 5.34. The fourth-order valence-electron chi connectivity index (χ4n) is 3.24. The van der Waals surface area contributed by atoms with Gasteiger partial charge in [0.1, 0.15) is 5.75 Å². The monoisotopic (exact) mass is 515 g/mol. The highest BCUT2D eigenvalue weighted by molar-refractivity contribution is 14.0. The van der Waals surface area contributed by atoms with E-state index >= 15 is 0 Å². The molecule has 3 rings (SSSR count). The molecule has 154 valence electrons. The molecule has 1 saturated heterocycles. The number of halogens is 1. The average molecular weight is 515 g/mol. The number of aryl methyl sites for hydroxylation is 1. The van der Waals surface area contributed by atoms with Crippen LogP contribution in [0.2, 0.25) is 0 Å². The van der Waals surface area contributed by atoms with E-state index in [1.54, 1.807) is 18.4 Å². The number of thiazole rings is 1. The summed E-state index contributed by atoms with van der Waals surface area (Å²) in [5, 5.41) is 6.86. The number of aromatic nitrogens is 1. The van der Waals surface area contributed by atoms with Crippen molar-refractivity contribution in [3.63, 3.8) is 0 Å². The van der Waals surface area contributed by atoms with Gasteiger partial charge in [0.25, 0.3) is 0 Å². The number of nitrogens with one attached hydrogen (secondary N) is 1. The van der Waals surface area contributed by atoms with Gasteiger partial charge in [0.2, 0.25) is 0 Å². The van der Waals surface area contributed by atoms with E-state index in [4.69, 9.17) is 4.74 Å². The van der Waals surface area contributed by atoms with Crippen LogP contribution in [-0.2, 0) is 12.8 Å². The highest BCUT2D eigenvalue weighted by Gasteiger charge is 2.20. The predicted molar refractivity (Wildman–Crippen MR) is 129 cm³/mol. The van der Waals surface area contributed by atoms with Crippen molar-refractivity contribution in [2.75, 3.05) is 51.8 Å². The molecule has 0 amide bonds. The minimum Gasteiger partial charge on any atom is -0.497 e. The van der Waals surface area contributed by atoms with E-state index < -0.39 is 0 Å². The second kappa shape index (κ2) is 11.5. The molecular weight excluding hydrogens is 485 g/mol. The van der Waals surface area contributed by atoms with Crippen molar-refractivity contribution in [3.8, 4) is 5.75 Å². The Bertz CT molecular complexity index is 759. The number of nitrogens with zero attached hydrogens (tertiary/aromatic N) is 4. The molecule has 1 aromatic carbocycles. The molecule has 1 aliphatic heterocycles. The summed E-state index contributed by atoms with van der Waals surface area (Å²) in [6.45, 7) is 6.85. The first-order chi connectivity index (χ1) is 13.2. The molecule has 0 atom stereocenters. The molecule has 1 N–H and O–H groups in total. The van der Waals surface area contributed by atoms with E-state index in [-0.39, 0.29) is 24.0 Å². The molecule has 0 unspecified atom stereocenters. The third-order valence-electron chi connectivity index (χ3n) is 4.78. The minimum absolute atomic E-state index is 0. The smallest absolute Gasteiger partial charge is 0.193 e. The van der Waals surface area contributed by atoms with Crippen LogP contribution in [0.3, 0.4) is 0 Å². The summed E-state index contributed by atoms with van der Waals surface area (Å²) < 4.78 is 5.34. The lowest BCUT2D eigenvalue weighted by molar-refractivity contribution is 0.372. The average Bonchev–Trinajstić information content (AvgIpc) is 3.19. The molecular formula is C20H30IN5OS. The Balaban J connectivity index is 0.00000280. The summed E-state index contributed by atoms with van der Waals surface area (Å²) in [6.07, 6.45) is 1.94. The van der Waals surface area contributed by atoms with Gasteiger partial charge in [-0.25, -0.2) is 4.98 Å². The summed E-state index contributed by atoms with van der Waals surface area (Å²) in [4.78, 5) is 13.8. The largest absolute Gasteiger partial charge is 0.497 e. The first-order valence-corrected chi connectivity index (χ1v) is 10.4. The van der Waals surface area contributed by atoms with Gasteiger partial charge in [-0.2, -0.15) is 0 Å². The molecule has 1 aliphatic rings. The summed E-state index contributed by atoms with van der Waals surface area (Å²) >= 11 is 1.75. The van der Waals surface area contributed by atoms with Gasteiger partial charge in [0.05, 0.1) is 17.8 Å². The van der Waals surface area contributed by atoms with Gasteiger partial charge in [0.15, 0.2) is 5.96 Å². The number of methoxy groups -OCH3 is 1. The molecule has 2 heterocycles. The number of benzene rings is 1. The topological polar surface area (TPSA) is 53.0 Å². The second-order valence-electron chi connectivity index (χ2n) is 6.49. The van der Waals surface area contributed by atoms with Crippen molar-refractivity contribution in [2.24, 2.45) is 4.99 Å². The van der Waals surface area contributed by atoms with Crippen LogP contribution in [0.15, 0.2) is 34.6 Å². The summed E-state index contributed by atoms with van der Waals surface area (Å²) in [5.41, 5.74) is 2.38. The maximum absolute atomic E-state index is 5.34. The fourth-order valence-corrected chi connectivity index (χ4v) is 4.02. The standard InChI is InChI=1S/C20H29N5OS.HI/c1-4-19-23-16(15-27-19)8-9-22-20(21-2)25-12-10-24(11-13-25)17-6-5-7-18(14-17)26-3;/h5-7,14-15H,4,8-13H2,1-3H3,(H,21,22);1H. The predicted octanol–water partition coefficient (Wildman–Crippen LogP) is 3.27. The number of anilines is 1. The van der Waals surface area contributed by atoms with Gasteiger partial charge in [-0.1, -0.05) is 13.0 Å². The van der Waals surface area contributed by atoms with Crippen LogP contribution in [0.4, 0.5) is 5.69 Å². The van der Waals surface area contributed by atoms with Crippen LogP contribution in [0, 0.1) is 0 Å². The van der Waals surface area contributed by atoms with Crippen LogP contribution in [0.5, 0.6) is 5.75 Å². The number of hydrogen-bond acceptors (Lipinski definition) is 5. The molecule has 0 saturated carbocycles. The molecule has 6 nitrogen and oxygen atoms in total. The zero-order chi connectivity index (χ0) is 19.1. The Kier molecular flexibility index (Phi) is 9.30. The van der Waals surface area contributed by atoms with Gasteiger partial charge in [-0.3, -0.25) is 4.99 Å². The van der Waals surface area contributed by atoms with Crippen LogP contribution < -0.4 is 15.0 Å². The van der Waals surface area contributed by atoms with Crippen LogP contribution in [0.25, 0.3) is 0 Å². The summed E-state index contributed by atoms with van der Waals surface area (Å²) in [6, 6.07) is 8.27. The first kappa shape index (κ1) is 22.7. The van der Waals surface area contributed by atoms with Gasteiger partial charge in [0, 0.05) is 63.3 Å². The summed E-state index contributed by atoms with van der Waals surface area (Å²) in [5.74, 6) is 1.88. The SMILES string of the molecule is CCc1nc(CCNC(=NC)N2CCN(c3cccc(OC)c3)CC2)cs1.I. The van der Waals surface area contributed by atoms with Gasteiger partial charge in [-0.05, 0) is 18.6 Å². The lowest BCUT2D eigenvalue weighted by Crippen LogP contribution is -2.52. The highest BCUT2D eigenvalue weighted by Crippen LogP contribution is 2.22. The van der Waals surface area contributed by atoms with Crippen molar-refractivity contribution >= 4 is 47.0 Å². The molecule has 1 aromatic heterocycles. The molecule has 1 fully saturated rings. The number of rotatable bonds is 6. The van der Waals surface area contributed by atoms with Crippen molar-refractivity contribution in [3.05, 3.63) is 40.3 Å². The number of aliphatic imine (C=N–C) groups is 1. The van der Waals surface area contributed by atoms with E-state index in [0.29, 0.717) is 0 Å². The Labute approximate surface area is 189 Å². The lowest BCUT2D eigenvalue weighted by atomic mass is 10.2. The summed E-state index contributed by atoms with van der Waals surface area (Å²) in [7, 11) is 3.57. The third kappa shape index (κ3) is 5.97. The Morgan fingerprint density at radius 2 is 2.07 bits per heavy atom. The van der Waals surface area contributed by atoms with Crippen molar-refractivity contribution in [1.29, 1.82) is 0 Å².